The monoisotopic (exact) mass is 491 g/mol. The van der Waals surface area contributed by atoms with Gasteiger partial charge in [0.15, 0.2) is 5.13 Å². The third-order valence-corrected chi connectivity index (χ3v) is 5.42. The molecule has 1 atom stereocenters. The van der Waals surface area contributed by atoms with E-state index in [9.17, 15) is 35.9 Å². The quantitative estimate of drug-likeness (QED) is 0.414. The topological polar surface area (TPSA) is 96.4 Å². The molecule has 3 amide bonds. The number of carbonyl (C=O) groups is 2. The van der Waals surface area contributed by atoms with Crippen LogP contribution in [0.1, 0.15) is 5.56 Å². The highest BCUT2D eigenvalue weighted by Crippen LogP contribution is 2.39. The van der Waals surface area contributed by atoms with Crippen LogP contribution in [0.5, 0.6) is 5.75 Å². The lowest BCUT2D eigenvalue weighted by Gasteiger charge is -2.29. The standard InChI is InChI=1S/C18H11F6N5O3S/c19-17(20,21)16(13(30)29(15(31)28-16)8-9-2-1-5-25-7-9)27-14-26-11-4-3-10(6-12(11)33-14)32-18(22,23)24/h1-7H,8H2,(H,26,27)(H,28,31). The molecule has 1 fully saturated rings. The van der Waals surface area contributed by atoms with Crippen molar-refractivity contribution in [3.05, 3.63) is 48.3 Å². The van der Waals surface area contributed by atoms with Gasteiger partial charge in [0.2, 0.25) is 0 Å². The van der Waals surface area contributed by atoms with Crippen LogP contribution >= 0.6 is 11.3 Å². The first-order valence-electron chi connectivity index (χ1n) is 8.92. The van der Waals surface area contributed by atoms with Crippen molar-refractivity contribution in [2.24, 2.45) is 0 Å². The second-order valence-electron chi connectivity index (χ2n) is 6.75. The zero-order chi connectivity index (χ0) is 24.0. The number of thiazole rings is 1. The Kier molecular flexibility index (Phi) is 5.30. The van der Waals surface area contributed by atoms with E-state index >= 15 is 0 Å². The van der Waals surface area contributed by atoms with E-state index in [-0.39, 0.29) is 10.2 Å². The van der Waals surface area contributed by atoms with E-state index in [0.29, 0.717) is 21.8 Å². The van der Waals surface area contributed by atoms with Crippen LogP contribution in [-0.2, 0) is 11.3 Å². The minimum Gasteiger partial charge on any atom is -0.406 e. The molecular formula is C18H11F6N5O3S. The molecule has 2 N–H and O–H groups in total. The molecule has 174 valence electrons. The first kappa shape index (κ1) is 22.6. The van der Waals surface area contributed by atoms with E-state index < -0.39 is 47.6 Å². The Bertz CT molecular complexity index is 1220. The molecule has 1 aromatic carbocycles. The maximum Gasteiger partial charge on any atom is 0.573 e. The Morgan fingerprint density at radius 3 is 2.55 bits per heavy atom. The van der Waals surface area contributed by atoms with E-state index in [1.165, 1.54) is 24.5 Å². The third kappa shape index (κ3) is 4.35. The van der Waals surface area contributed by atoms with Gasteiger partial charge < -0.3 is 10.1 Å². The number of halogens is 6. The molecule has 3 heterocycles. The lowest BCUT2D eigenvalue weighted by molar-refractivity contribution is -0.274. The summed E-state index contributed by atoms with van der Waals surface area (Å²) in [6.45, 7) is -0.462. The van der Waals surface area contributed by atoms with Crippen molar-refractivity contribution in [3.8, 4) is 5.75 Å². The first-order valence-corrected chi connectivity index (χ1v) is 9.74. The fraction of sp³-hybridized carbons (Fsp3) is 0.222. The SMILES string of the molecule is O=C1NC(Nc2nc3ccc(OC(F)(F)F)cc3s2)(C(F)(F)F)C(=O)N1Cc1cccnc1. The summed E-state index contributed by atoms with van der Waals surface area (Å²) in [5, 5.41) is 3.11. The van der Waals surface area contributed by atoms with Gasteiger partial charge in [0.05, 0.1) is 16.8 Å². The molecule has 0 radical (unpaired) electrons. The summed E-state index contributed by atoms with van der Waals surface area (Å²) in [7, 11) is 0. The molecule has 0 saturated carbocycles. The number of pyridine rings is 1. The number of alkyl halides is 6. The molecule has 2 aromatic heterocycles. The average molecular weight is 491 g/mol. The van der Waals surface area contributed by atoms with Gasteiger partial charge >= 0.3 is 18.6 Å². The fourth-order valence-electron chi connectivity index (χ4n) is 3.06. The van der Waals surface area contributed by atoms with Gasteiger partial charge in [0.25, 0.3) is 11.6 Å². The lowest BCUT2D eigenvalue weighted by atomic mass is 10.1. The Labute approximate surface area is 184 Å². The highest BCUT2D eigenvalue weighted by Gasteiger charge is 2.68. The van der Waals surface area contributed by atoms with Gasteiger partial charge in [-0.25, -0.2) is 9.78 Å². The fourth-order valence-corrected chi connectivity index (χ4v) is 4.01. The Morgan fingerprint density at radius 1 is 1.15 bits per heavy atom. The van der Waals surface area contributed by atoms with Crippen molar-refractivity contribution in [1.82, 2.24) is 20.2 Å². The number of imide groups is 1. The summed E-state index contributed by atoms with van der Waals surface area (Å²) in [5.41, 5.74) is -3.15. The maximum atomic E-state index is 14.0. The second kappa shape index (κ2) is 7.75. The number of rotatable bonds is 5. The van der Waals surface area contributed by atoms with Crippen LogP contribution in [0.4, 0.5) is 36.3 Å². The summed E-state index contributed by atoms with van der Waals surface area (Å²) in [4.78, 5) is 33.1. The van der Waals surface area contributed by atoms with Crippen LogP contribution < -0.4 is 15.4 Å². The number of aromatic nitrogens is 2. The number of fused-ring (bicyclic) bond motifs is 1. The molecule has 3 aromatic rings. The van der Waals surface area contributed by atoms with E-state index in [1.807, 2.05) is 5.32 Å². The highest BCUT2D eigenvalue weighted by atomic mass is 32.1. The normalized spacial score (nSPS) is 19.2. The smallest absolute Gasteiger partial charge is 0.406 e. The average Bonchev–Trinajstić information content (AvgIpc) is 3.21. The van der Waals surface area contributed by atoms with Crippen LogP contribution in [-0.4, -0.2) is 45.0 Å². The van der Waals surface area contributed by atoms with Gasteiger partial charge in [-0.2, -0.15) is 13.2 Å². The van der Waals surface area contributed by atoms with E-state index in [1.54, 1.807) is 5.32 Å². The van der Waals surface area contributed by atoms with Gasteiger partial charge in [-0.05, 0) is 23.8 Å². The van der Waals surface area contributed by atoms with Crippen molar-refractivity contribution >= 4 is 38.6 Å². The number of hydrogen-bond acceptors (Lipinski definition) is 7. The van der Waals surface area contributed by atoms with E-state index in [0.717, 1.165) is 18.2 Å². The predicted octanol–water partition coefficient (Wildman–Crippen LogP) is 4.01. The highest BCUT2D eigenvalue weighted by molar-refractivity contribution is 7.22. The summed E-state index contributed by atoms with van der Waals surface area (Å²) in [6, 6.07) is 4.66. The Hall–Kier alpha value is -3.62. The van der Waals surface area contributed by atoms with Gasteiger partial charge in [0.1, 0.15) is 5.75 Å². The number of ether oxygens (including phenoxy) is 1. The number of nitrogens with one attached hydrogen (secondary N) is 2. The minimum atomic E-state index is -5.29. The molecule has 0 bridgehead atoms. The molecule has 0 spiro atoms. The van der Waals surface area contributed by atoms with Gasteiger partial charge in [-0.1, -0.05) is 17.4 Å². The second-order valence-corrected chi connectivity index (χ2v) is 7.78. The first-order chi connectivity index (χ1) is 15.4. The number of urea groups is 1. The molecule has 33 heavy (non-hydrogen) atoms. The zero-order valence-corrected chi connectivity index (χ0v) is 16.8. The number of anilines is 1. The Morgan fingerprint density at radius 2 is 1.91 bits per heavy atom. The van der Waals surface area contributed by atoms with Crippen molar-refractivity contribution in [3.63, 3.8) is 0 Å². The molecule has 15 heteroatoms. The van der Waals surface area contributed by atoms with Crippen molar-refractivity contribution in [2.45, 2.75) is 24.7 Å². The van der Waals surface area contributed by atoms with Crippen molar-refractivity contribution in [2.75, 3.05) is 5.32 Å². The summed E-state index contributed by atoms with van der Waals surface area (Å²) in [5.74, 6) is -2.21. The number of hydrogen-bond donors (Lipinski definition) is 2. The lowest BCUT2D eigenvalue weighted by Crippen LogP contribution is -2.64. The minimum absolute atomic E-state index is 0.0540. The van der Waals surface area contributed by atoms with Crippen LogP contribution in [0.25, 0.3) is 10.2 Å². The van der Waals surface area contributed by atoms with Gasteiger partial charge in [-0.3, -0.25) is 20.0 Å². The summed E-state index contributed by atoms with van der Waals surface area (Å²) in [6.07, 6.45) is -7.55. The maximum absolute atomic E-state index is 14.0. The van der Waals surface area contributed by atoms with Crippen LogP contribution in [0.3, 0.4) is 0 Å². The predicted molar refractivity (Wildman–Crippen MR) is 102 cm³/mol. The molecular weight excluding hydrogens is 480 g/mol. The number of nitrogens with zero attached hydrogens (tertiary/aromatic N) is 3. The molecule has 1 unspecified atom stereocenters. The number of carbonyl (C=O) groups excluding carboxylic acids is 2. The van der Waals surface area contributed by atoms with Crippen LogP contribution in [0, 0.1) is 0 Å². The molecule has 8 nitrogen and oxygen atoms in total. The molecule has 1 saturated heterocycles. The molecule has 0 aliphatic carbocycles. The molecule has 1 aliphatic heterocycles. The van der Waals surface area contributed by atoms with Gasteiger partial charge in [0, 0.05) is 18.5 Å². The van der Waals surface area contributed by atoms with Gasteiger partial charge in [-0.15, -0.1) is 13.2 Å². The molecule has 4 rings (SSSR count). The van der Waals surface area contributed by atoms with Crippen molar-refractivity contribution in [1.29, 1.82) is 0 Å². The van der Waals surface area contributed by atoms with Crippen molar-refractivity contribution < 1.29 is 40.7 Å². The molecule has 1 aliphatic rings. The summed E-state index contributed by atoms with van der Waals surface area (Å²) >= 11 is 0.546. The van der Waals surface area contributed by atoms with E-state index in [4.69, 9.17) is 0 Å². The zero-order valence-electron chi connectivity index (χ0n) is 16.0. The number of benzene rings is 1. The summed E-state index contributed by atoms with van der Waals surface area (Å²) < 4.78 is 83.2. The Balaban J connectivity index is 1.65. The third-order valence-electron chi connectivity index (χ3n) is 4.48. The van der Waals surface area contributed by atoms with E-state index in [2.05, 4.69) is 14.7 Å². The van der Waals surface area contributed by atoms with Crippen LogP contribution in [0.2, 0.25) is 0 Å². The van der Waals surface area contributed by atoms with Crippen LogP contribution in [0.15, 0.2) is 42.7 Å². The number of amides is 3. The largest absolute Gasteiger partial charge is 0.573 e.